The number of esters is 2. The van der Waals surface area contributed by atoms with Crippen molar-refractivity contribution in [3.8, 4) is 5.75 Å². The predicted octanol–water partition coefficient (Wildman–Crippen LogP) is 5.59. The average molecular weight is 469 g/mol. The highest BCUT2D eigenvalue weighted by atomic mass is 16.6. The largest absolute Gasteiger partial charge is 0.497 e. The number of cyclic esters (lactones) is 1. The zero-order chi connectivity index (χ0) is 24.4. The van der Waals surface area contributed by atoms with Gasteiger partial charge in [-0.3, -0.25) is 4.79 Å². The van der Waals surface area contributed by atoms with Crippen LogP contribution < -0.4 is 4.74 Å². The van der Waals surface area contributed by atoms with E-state index in [4.69, 9.17) is 14.2 Å². The van der Waals surface area contributed by atoms with Crippen LogP contribution in [0.3, 0.4) is 0 Å². The molecule has 0 aromatic heterocycles. The molecule has 0 aliphatic carbocycles. The molecule has 2 aromatic carbocycles. The van der Waals surface area contributed by atoms with Crippen LogP contribution in [0, 0.1) is 0 Å². The number of carbonyl (C=O) groups excluding carboxylic acids is 2. The summed E-state index contributed by atoms with van der Waals surface area (Å²) in [7, 11) is 1.63. The normalized spacial score (nSPS) is 18.9. The van der Waals surface area contributed by atoms with Gasteiger partial charge in [-0.05, 0) is 47.0 Å². The second-order valence-electron chi connectivity index (χ2n) is 9.08. The van der Waals surface area contributed by atoms with Gasteiger partial charge in [-0.1, -0.05) is 63.6 Å². The van der Waals surface area contributed by atoms with Crippen molar-refractivity contribution in [1.82, 2.24) is 0 Å². The van der Waals surface area contributed by atoms with Gasteiger partial charge >= 0.3 is 11.9 Å². The third kappa shape index (κ3) is 7.07. The van der Waals surface area contributed by atoms with Crippen LogP contribution >= 0.6 is 0 Å². The van der Waals surface area contributed by atoms with E-state index in [1.165, 1.54) is 25.7 Å². The molecule has 1 saturated heterocycles. The van der Waals surface area contributed by atoms with Crippen LogP contribution in [0.2, 0.25) is 0 Å². The second kappa shape index (κ2) is 12.6. The maximum Gasteiger partial charge on any atom is 0.334 e. The molecule has 3 rings (SSSR count). The molecule has 0 bridgehead atoms. The molecule has 1 heterocycles. The van der Waals surface area contributed by atoms with Gasteiger partial charge in [0.25, 0.3) is 0 Å². The number of unbranched alkanes of at least 4 members (excludes halogenated alkanes) is 6. The number of fused-ring (bicyclic) bond motifs is 1. The van der Waals surface area contributed by atoms with Crippen molar-refractivity contribution in [2.45, 2.75) is 70.3 Å². The van der Waals surface area contributed by atoms with Crippen molar-refractivity contribution in [3.05, 3.63) is 47.5 Å². The molecule has 0 spiro atoms. The molecule has 1 unspecified atom stereocenters. The van der Waals surface area contributed by atoms with Crippen LogP contribution in [-0.2, 0) is 19.1 Å². The van der Waals surface area contributed by atoms with Gasteiger partial charge < -0.3 is 19.3 Å². The van der Waals surface area contributed by atoms with Crippen LogP contribution in [0.4, 0.5) is 0 Å². The van der Waals surface area contributed by atoms with Gasteiger partial charge in [-0.2, -0.15) is 0 Å². The molecule has 1 aliphatic heterocycles. The van der Waals surface area contributed by atoms with Crippen LogP contribution in [0.1, 0.15) is 70.3 Å². The first-order valence-corrected chi connectivity index (χ1v) is 12.3. The van der Waals surface area contributed by atoms with Gasteiger partial charge in [-0.25, -0.2) is 4.79 Å². The Hall–Kier alpha value is -2.86. The monoisotopic (exact) mass is 468 g/mol. The van der Waals surface area contributed by atoms with E-state index in [0.29, 0.717) is 12.0 Å². The van der Waals surface area contributed by atoms with Gasteiger partial charge in [-0.15, -0.1) is 0 Å². The summed E-state index contributed by atoms with van der Waals surface area (Å²) in [6.45, 7) is 1.65. The van der Waals surface area contributed by atoms with Crippen LogP contribution in [-0.4, -0.2) is 43.0 Å². The van der Waals surface area contributed by atoms with Crippen molar-refractivity contribution < 1.29 is 28.9 Å². The minimum absolute atomic E-state index is 0.139. The lowest BCUT2D eigenvalue weighted by molar-refractivity contribution is -0.166. The lowest BCUT2D eigenvalue weighted by Gasteiger charge is -2.24. The van der Waals surface area contributed by atoms with Crippen molar-refractivity contribution in [2.24, 2.45) is 0 Å². The van der Waals surface area contributed by atoms with E-state index < -0.39 is 18.2 Å². The number of methoxy groups -OCH3 is 1. The second-order valence-corrected chi connectivity index (χ2v) is 9.08. The molecule has 184 valence electrons. The van der Waals surface area contributed by atoms with E-state index in [1.54, 1.807) is 13.2 Å². The number of aliphatic hydroxyl groups is 1. The average Bonchev–Trinajstić information content (AvgIpc) is 3.17. The summed E-state index contributed by atoms with van der Waals surface area (Å²) in [6.07, 6.45) is 10.1. The summed E-state index contributed by atoms with van der Waals surface area (Å²) in [5, 5.41) is 12.0. The Kier molecular flexibility index (Phi) is 9.52. The van der Waals surface area contributed by atoms with Gasteiger partial charge in [0.15, 0.2) is 5.60 Å². The Morgan fingerprint density at radius 3 is 2.50 bits per heavy atom. The lowest BCUT2D eigenvalue weighted by atomic mass is 9.97. The number of rotatable bonds is 13. The maximum atomic E-state index is 12.5. The van der Waals surface area contributed by atoms with Gasteiger partial charge in [0.05, 0.1) is 13.7 Å². The Balaban J connectivity index is 1.54. The van der Waals surface area contributed by atoms with Crippen LogP contribution in [0.25, 0.3) is 16.8 Å². The first-order valence-electron chi connectivity index (χ1n) is 12.3. The Labute approximate surface area is 201 Å². The molecular formula is C28H36O6. The molecule has 0 amide bonds. The zero-order valence-corrected chi connectivity index (χ0v) is 20.3. The van der Waals surface area contributed by atoms with Crippen molar-refractivity contribution in [3.63, 3.8) is 0 Å². The van der Waals surface area contributed by atoms with E-state index in [-0.39, 0.29) is 19.0 Å². The molecular weight excluding hydrogens is 432 g/mol. The standard InChI is InChI=1S/C28H36O6/c1-3-4-5-6-7-8-9-10-26(30)33-20-28(19-29)18-24(27(31)34-28)16-21-11-12-23-17-25(32-2)14-13-22(23)15-21/h11-17,29H,3-10,18-20H2,1-2H3/b24-16+. The van der Waals surface area contributed by atoms with Crippen molar-refractivity contribution in [1.29, 1.82) is 0 Å². The molecule has 34 heavy (non-hydrogen) atoms. The fourth-order valence-electron chi connectivity index (χ4n) is 4.21. The van der Waals surface area contributed by atoms with Gasteiger partial charge in [0, 0.05) is 18.4 Å². The highest BCUT2D eigenvalue weighted by molar-refractivity contribution is 5.97. The van der Waals surface area contributed by atoms with E-state index in [2.05, 4.69) is 6.92 Å². The summed E-state index contributed by atoms with van der Waals surface area (Å²) < 4.78 is 16.1. The summed E-state index contributed by atoms with van der Waals surface area (Å²) in [6, 6.07) is 11.7. The summed E-state index contributed by atoms with van der Waals surface area (Å²) in [5.41, 5.74) is 0.0856. The van der Waals surface area contributed by atoms with E-state index in [1.807, 2.05) is 36.4 Å². The van der Waals surface area contributed by atoms with E-state index in [0.717, 1.165) is 41.3 Å². The van der Waals surface area contributed by atoms with Crippen molar-refractivity contribution >= 4 is 28.8 Å². The quantitative estimate of drug-likeness (QED) is 0.234. The Morgan fingerprint density at radius 1 is 1.06 bits per heavy atom. The first-order chi connectivity index (χ1) is 16.5. The van der Waals surface area contributed by atoms with Gasteiger partial charge in [0.1, 0.15) is 12.4 Å². The number of benzene rings is 2. The van der Waals surface area contributed by atoms with Crippen molar-refractivity contribution in [2.75, 3.05) is 20.3 Å². The van der Waals surface area contributed by atoms with E-state index >= 15 is 0 Å². The number of hydrogen-bond donors (Lipinski definition) is 1. The zero-order valence-electron chi connectivity index (χ0n) is 20.3. The Bertz CT molecular complexity index is 1010. The first kappa shape index (κ1) is 25.8. The minimum atomic E-state index is -1.22. The van der Waals surface area contributed by atoms with Crippen LogP contribution in [0.15, 0.2) is 42.0 Å². The van der Waals surface area contributed by atoms with E-state index in [9.17, 15) is 14.7 Å². The number of aliphatic hydroxyl groups excluding tert-OH is 1. The number of ether oxygens (including phenoxy) is 3. The molecule has 6 heteroatoms. The minimum Gasteiger partial charge on any atom is -0.497 e. The Morgan fingerprint density at radius 2 is 1.76 bits per heavy atom. The molecule has 2 aromatic rings. The SMILES string of the molecule is CCCCCCCCCC(=O)OCC1(CO)C/C(=C\c2ccc3cc(OC)ccc3c2)C(=O)O1. The fraction of sp³-hybridized carbons (Fsp3) is 0.500. The molecule has 1 N–H and O–H groups in total. The molecule has 1 fully saturated rings. The molecule has 0 radical (unpaired) electrons. The highest BCUT2D eigenvalue weighted by Crippen LogP contribution is 2.33. The van der Waals surface area contributed by atoms with Crippen LogP contribution in [0.5, 0.6) is 5.75 Å². The highest BCUT2D eigenvalue weighted by Gasteiger charge is 2.44. The molecule has 1 atom stereocenters. The number of carbonyl (C=O) groups is 2. The van der Waals surface area contributed by atoms with Gasteiger partial charge in [0.2, 0.25) is 0 Å². The summed E-state index contributed by atoms with van der Waals surface area (Å²) >= 11 is 0. The third-order valence-electron chi connectivity index (χ3n) is 6.27. The summed E-state index contributed by atoms with van der Waals surface area (Å²) in [5.74, 6) is -0.0287. The molecule has 0 saturated carbocycles. The predicted molar refractivity (Wildman–Crippen MR) is 133 cm³/mol. The smallest absolute Gasteiger partial charge is 0.334 e. The maximum absolute atomic E-state index is 12.5. The summed E-state index contributed by atoms with van der Waals surface area (Å²) in [4.78, 5) is 24.7. The fourth-order valence-corrected chi connectivity index (χ4v) is 4.21. The molecule has 6 nitrogen and oxygen atoms in total. The number of hydrogen-bond acceptors (Lipinski definition) is 6. The molecule has 1 aliphatic rings. The topological polar surface area (TPSA) is 82.1 Å². The lowest BCUT2D eigenvalue weighted by Crippen LogP contribution is -2.39. The third-order valence-corrected chi connectivity index (χ3v) is 6.27.